The number of aliphatic hydroxyl groups excluding tert-OH is 2. The number of methoxy groups -OCH3 is 1. The average molecular weight is 279 g/mol. The molecule has 0 aromatic heterocycles. The maximum absolute atomic E-state index is 10.4. The molecule has 112 valence electrons. The molecule has 2 rings (SSSR count). The van der Waals surface area contributed by atoms with Gasteiger partial charge in [0.05, 0.1) is 19.8 Å². The normalized spacial score (nSPS) is 17.6. The number of ether oxygens (including phenoxy) is 1. The van der Waals surface area contributed by atoms with Gasteiger partial charge < -0.3 is 14.9 Å². The monoisotopic (exact) mass is 279 g/mol. The van der Waals surface area contributed by atoms with E-state index in [0.29, 0.717) is 19.1 Å². The molecule has 1 aliphatic rings. The Kier molecular flexibility index (Phi) is 5.83. The van der Waals surface area contributed by atoms with Crippen LogP contribution in [0.3, 0.4) is 0 Å². The van der Waals surface area contributed by atoms with Crippen LogP contribution in [0.4, 0.5) is 0 Å². The standard InChI is InChI=1S/C16H25NO3/c1-20-15-8-4-5-13(11-15)16(19)12-17(9-10-18)14-6-2-3-7-14/h4-5,8,11,14,16,18-19H,2-3,6-7,9-10,12H2,1H3. The molecule has 1 unspecified atom stereocenters. The summed E-state index contributed by atoms with van der Waals surface area (Å²) in [6.07, 6.45) is 4.30. The Morgan fingerprint density at radius 2 is 2.10 bits per heavy atom. The molecule has 0 spiro atoms. The fourth-order valence-corrected chi connectivity index (χ4v) is 3.00. The summed E-state index contributed by atoms with van der Waals surface area (Å²) in [6.45, 7) is 1.34. The Balaban J connectivity index is 2.00. The van der Waals surface area contributed by atoms with Crippen LogP contribution in [-0.2, 0) is 0 Å². The molecule has 0 amide bonds. The molecule has 4 nitrogen and oxygen atoms in total. The second-order valence-electron chi connectivity index (χ2n) is 5.45. The van der Waals surface area contributed by atoms with Gasteiger partial charge in [0.1, 0.15) is 5.75 Å². The molecule has 0 bridgehead atoms. The predicted octanol–water partition coefficient (Wildman–Crippen LogP) is 1.97. The van der Waals surface area contributed by atoms with Gasteiger partial charge in [0.2, 0.25) is 0 Å². The van der Waals surface area contributed by atoms with Crippen LogP contribution in [0.2, 0.25) is 0 Å². The minimum absolute atomic E-state index is 0.140. The zero-order chi connectivity index (χ0) is 14.4. The van der Waals surface area contributed by atoms with Crippen molar-refractivity contribution in [1.29, 1.82) is 0 Å². The summed E-state index contributed by atoms with van der Waals surface area (Å²) in [5.74, 6) is 0.760. The molecule has 0 heterocycles. The van der Waals surface area contributed by atoms with Crippen LogP contribution < -0.4 is 4.74 Å². The summed E-state index contributed by atoms with van der Waals surface area (Å²) in [7, 11) is 1.63. The fraction of sp³-hybridized carbons (Fsp3) is 0.625. The second-order valence-corrected chi connectivity index (χ2v) is 5.45. The summed E-state index contributed by atoms with van der Waals surface area (Å²) < 4.78 is 5.19. The van der Waals surface area contributed by atoms with Crippen molar-refractivity contribution in [3.05, 3.63) is 29.8 Å². The predicted molar refractivity (Wildman–Crippen MR) is 78.9 cm³/mol. The van der Waals surface area contributed by atoms with Crippen LogP contribution in [0.25, 0.3) is 0 Å². The third-order valence-electron chi connectivity index (χ3n) is 4.11. The summed E-state index contributed by atoms with van der Waals surface area (Å²) in [6, 6.07) is 8.06. The van der Waals surface area contributed by atoms with Gasteiger partial charge in [0.15, 0.2) is 0 Å². The van der Waals surface area contributed by atoms with Gasteiger partial charge in [-0.3, -0.25) is 4.90 Å². The number of nitrogens with zero attached hydrogens (tertiary/aromatic N) is 1. The lowest BCUT2D eigenvalue weighted by Crippen LogP contribution is -2.38. The molecule has 0 radical (unpaired) electrons. The van der Waals surface area contributed by atoms with E-state index in [0.717, 1.165) is 11.3 Å². The Bertz CT molecular complexity index is 404. The Morgan fingerprint density at radius 3 is 2.75 bits per heavy atom. The Morgan fingerprint density at radius 1 is 1.35 bits per heavy atom. The lowest BCUT2D eigenvalue weighted by atomic mass is 10.1. The van der Waals surface area contributed by atoms with Gasteiger partial charge >= 0.3 is 0 Å². The van der Waals surface area contributed by atoms with E-state index >= 15 is 0 Å². The summed E-state index contributed by atoms with van der Waals surface area (Å²) in [5, 5.41) is 19.6. The van der Waals surface area contributed by atoms with Crippen molar-refractivity contribution in [2.45, 2.75) is 37.8 Å². The summed E-state index contributed by atoms with van der Waals surface area (Å²) in [5.41, 5.74) is 0.866. The number of benzene rings is 1. The first-order chi connectivity index (χ1) is 9.74. The van der Waals surface area contributed by atoms with Gasteiger partial charge in [-0.05, 0) is 30.5 Å². The van der Waals surface area contributed by atoms with E-state index in [-0.39, 0.29) is 6.61 Å². The van der Waals surface area contributed by atoms with E-state index in [1.165, 1.54) is 25.7 Å². The first kappa shape index (κ1) is 15.3. The molecule has 4 heteroatoms. The molecular formula is C16H25NO3. The molecule has 1 aliphatic carbocycles. The second kappa shape index (κ2) is 7.62. The zero-order valence-electron chi connectivity index (χ0n) is 12.2. The highest BCUT2D eigenvalue weighted by Crippen LogP contribution is 2.26. The van der Waals surface area contributed by atoms with E-state index in [2.05, 4.69) is 4.90 Å². The van der Waals surface area contributed by atoms with Crippen LogP contribution in [-0.4, -0.2) is 48.0 Å². The van der Waals surface area contributed by atoms with E-state index in [4.69, 9.17) is 4.74 Å². The topological polar surface area (TPSA) is 52.9 Å². The van der Waals surface area contributed by atoms with Gasteiger partial charge in [0.25, 0.3) is 0 Å². The summed E-state index contributed by atoms with van der Waals surface area (Å²) >= 11 is 0. The van der Waals surface area contributed by atoms with Crippen molar-refractivity contribution in [2.24, 2.45) is 0 Å². The highest BCUT2D eigenvalue weighted by atomic mass is 16.5. The maximum atomic E-state index is 10.4. The Hall–Kier alpha value is -1.10. The fourth-order valence-electron chi connectivity index (χ4n) is 3.00. The molecule has 1 aromatic rings. The molecule has 1 fully saturated rings. The van der Waals surface area contributed by atoms with E-state index < -0.39 is 6.10 Å². The molecule has 20 heavy (non-hydrogen) atoms. The van der Waals surface area contributed by atoms with Crippen LogP contribution in [0, 0.1) is 0 Å². The van der Waals surface area contributed by atoms with Crippen LogP contribution in [0.1, 0.15) is 37.4 Å². The maximum Gasteiger partial charge on any atom is 0.119 e. The van der Waals surface area contributed by atoms with Crippen molar-refractivity contribution >= 4 is 0 Å². The van der Waals surface area contributed by atoms with Crippen LogP contribution in [0.15, 0.2) is 24.3 Å². The minimum Gasteiger partial charge on any atom is -0.497 e. The number of rotatable bonds is 7. The average Bonchev–Trinajstić information content (AvgIpc) is 3.01. The first-order valence-corrected chi connectivity index (χ1v) is 7.41. The van der Waals surface area contributed by atoms with Crippen molar-refractivity contribution in [2.75, 3.05) is 26.8 Å². The Labute approximate surface area is 121 Å². The number of aliphatic hydroxyl groups is 2. The van der Waals surface area contributed by atoms with E-state index in [9.17, 15) is 10.2 Å². The lowest BCUT2D eigenvalue weighted by molar-refractivity contribution is 0.0740. The van der Waals surface area contributed by atoms with Crippen molar-refractivity contribution in [3.63, 3.8) is 0 Å². The van der Waals surface area contributed by atoms with Crippen LogP contribution in [0.5, 0.6) is 5.75 Å². The number of hydrogen-bond donors (Lipinski definition) is 2. The third-order valence-corrected chi connectivity index (χ3v) is 4.11. The number of hydrogen-bond acceptors (Lipinski definition) is 4. The molecule has 0 aliphatic heterocycles. The highest BCUT2D eigenvalue weighted by molar-refractivity contribution is 5.29. The molecule has 1 saturated carbocycles. The lowest BCUT2D eigenvalue weighted by Gasteiger charge is -2.30. The van der Waals surface area contributed by atoms with E-state index in [1.54, 1.807) is 7.11 Å². The molecule has 1 aromatic carbocycles. The molecule has 1 atom stereocenters. The van der Waals surface area contributed by atoms with Gasteiger partial charge in [-0.15, -0.1) is 0 Å². The van der Waals surface area contributed by atoms with Gasteiger partial charge in [0, 0.05) is 19.1 Å². The summed E-state index contributed by atoms with van der Waals surface area (Å²) in [4.78, 5) is 2.22. The molecule has 2 N–H and O–H groups in total. The largest absolute Gasteiger partial charge is 0.497 e. The third kappa shape index (κ3) is 3.95. The highest BCUT2D eigenvalue weighted by Gasteiger charge is 2.24. The quantitative estimate of drug-likeness (QED) is 0.801. The van der Waals surface area contributed by atoms with Gasteiger partial charge in [-0.25, -0.2) is 0 Å². The van der Waals surface area contributed by atoms with Gasteiger partial charge in [-0.1, -0.05) is 25.0 Å². The van der Waals surface area contributed by atoms with Gasteiger partial charge in [-0.2, -0.15) is 0 Å². The molecule has 0 saturated heterocycles. The van der Waals surface area contributed by atoms with Crippen LogP contribution >= 0.6 is 0 Å². The van der Waals surface area contributed by atoms with Crippen molar-refractivity contribution in [3.8, 4) is 5.75 Å². The van der Waals surface area contributed by atoms with E-state index in [1.807, 2.05) is 24.3 Å². The smallest absolute Gasteiger partial charge is 0.119 e. The molecular weight excluding hydrogens is 254 g/mol. The minimum atomic E-state index is -0.544. The first-order valence-electron chi connectivity index (χ1n) is 7.41. The van der Waals surface area contributed by atoms with Crippen molar-refractivity contribution < 1.29 is 14.9 Å². The zero-order valence-corrected chi connectivity index (χ0v) is 12.2. The SMILES string of the molecule is COc1cccc(C(O)CN(CCO)C2CCCC2)c1. The van der Waals surface area contributed by atoms with Crippen molar-refractivity contribution in [1.82, 2.24) is 4.90 Å².